The molecule has 0 aromatic rings. The number of hydrogen-bond acceptors (Lipinski definition) is 12. The van der Waals surface area contributed by atoms with Crippen LogP contribution < -0.4 is 0 Å². The molecule has 0 rings (SSSR count). The Labute approximate surface area is 187 Å². The van der Waals surface area contributed by atoms with E-state index in [1.807, 2.05) is 0 Å². The molecule has 0 amide bonds. The summed E-state index contributed by atoms with van der Waals surface area (Å²) in [5.74, 6) is -1.86. The van der Waals surface area contributed by atoms with E-state index in [0.29, 0.717) is 0 Å². The normalized spacial score (nSPS) is 16.4. The minimum absolute atomic E-state index is 0. The summed E-state index contributed by atoms with van der Waals surface area (Å²) < 4.78 is 116. The molecule has 0 saturated heterocycles. The molecule has 0 bridgehead atoms. The Balaban J connectivity index is -0.0000000817. The maximum atomic E-state index is 9.63. The average molecular weight is 523 g/mol. The largest absolute Gasteiger partial charge is 3.00 e. The molecular formula is C6H12Al2O12S6. The zero-order valence-corrected chi connectivity index (χ0v) is 20.0. The molecule has 26 heavy (non-hydrogen) atoms. The van der Waals surface area contributed by atoms with E-state index in [4.69, 9.17) is 0 Å². The smallest absolute Gasteiger partial charge is 0.772 e. The van der Waals surface area contributed by atoms with Gasteiger partial charge in [0.2, 0.25) is 0 Å². The molecule has 0 aromatic carbocycles. The minimum Gasteiger partial charge on any atom is -0.772 e. The Kier molecular flexibility index (Phi) is 39.4. The van der Waals surface area contributed by atoms with Crippen molar-refractivity contribution < 1.29 is 52.6 Å². The first-order valence-corrected chi connectivity index (χ1v) is 12.7. The van der Waals surface area contributed by atoms with E-state index in [9.17, 15) is 52.6 Å². The summed E-state index contributed by atoms with van der Waals surface area (Å²) >= 11 is -13.4. The molecule has 0 saturated carbocycles. The van der Waals surface area contributed by atoms with Crippen molar-refractivity contribution in [3.8, 4) is 0 Å². The second kappa shape index (κ2) is 26.7. The zero-order valence-electron chi connectivity index (χ0n) is 12.7. The Bertz CT molecular complexity index is 367. The van der Waals surface area contributed by atoms with Crippen molar-refractivity contribution in [1.82, 2.24) is 0 Å². The molecule has 0 aliphatic carbocycles. The second-order valence-electron chi connectivity index (χ2n) is 3.05. The SMILES string of the molecule is O=S([O-])CCS(=O)[O-].O=S([O-])CCS(=O)[O-].O=S([O-])CCS(=O)[O-].[Al+3].[Al+3]. The Morgan fingerprint density at radius 3 is 0.462 bits per heavy atom. The molecule has 150 valence electrons. The van der Waals surface area contributed by atoms with E-state index in [2.05, 4.69) is 0 Å². The summed E-state index contributed by atoms with van der Waals surface area (Å²) in [6.45, 7) is 0. The van der Waals surface area contributed by atoms with Crippen LogP contribution in [0.3, 0.4) is 0 Å². The van der Waals surface area contributed by atoms with Gasteiger partial charge < -0.3 is 27.3 Å². The first-order valence-electron chi connectivity index (χ1n) is 5.23. The Morgan fingerprint density at radius 1 is 0.346 bits per heavy atom. The third-order valence-corrected chi connectivity index (χ3v) is 5.25. The van der Waals surface area contributed by atoms with Crippen molar-refractivity contribution in [2.75, 3.05) is 34.5 Å². The molecule has 6 atom stereocenters. The molecule has 0 heterocycles. The van der Waals surface area contributed by atoms with Crippen LogP contribution in [0.25, 0.3) is 0 Å². The van der Waals surface area contributed by atoms with Crippen LogP contribution in [-0.2, 0) is 66.5 Å². The van der Waals surface area contributed by atoms with E-state index in [1.54, 1.807) is 0 Å². The Morgan fingerprint density at radius 2 is 0.423 bits per heavy atom. The van der Waals surface area contributed by atoms with Crippen LogP contribution in [0.5, 0.6) is 0 Å². The van der Waals surface area contributed by atoms with Crippen LogP contribution in [0.15, 0.2) is 0 Å². The van der Waals surface area contributed by atoms with E-state index in [0.717, 1.165) is 0 Å². The molecule has 0 fully saturated rings. The van der Waals surface area contributed by atoms with Gasteiger partial charge in [0.25, 0.3) is 0 Å². The van der Waals surface area contributed by atoms with E-state index in [-0.39, 0.29) is 69.2 Å². The maximum absolute atomic E-state index is 9.63. The molecule has 0 aliphatic heterocycles. The number of hydrogen-bond donors (Lipinski definition) is 0. The molecular weight excluding hydrogens is 510 g/mol. The van der Waals surface area contributed by atoms with Crippen molar-refractivity contribution >= 4 is 101 Å². The Hall–Kier alpha value is 1.72. The van der Waals surface area contributed by atoms with Crippen LogP contribution in [0.4, 0.5) is 0 Å². The second-order valence-corrected chi connectivity index (χ2v) is 9.14. The van der Waals surface area contributed by atoms with E-state index >= 15 is 0 Å². The molecule has 20 heteroatoms. The van der Waals surface area contributed by atoms with Crippen molar-refractivity contribution in [3.63, 3.8) is 0 Å². The average Bonchev–Trinajstić information content (AvgIpc) is 2.42. The van der Waals surface area contributed by atoms with Crippen LogP contribution in [0, 0.1) is 0 Å². The van der Waals surface area contributed by atoms with E-state index in [1.165, 1.54) is 0 Å². The van der Waals surface area contributed by atoms with E-state index < -0.39 is 66.5 Å². The summed E-state index contributed by atoms with van der Waals surface area (Å²) in [5, 5.41) is 0. The molecule has 6 unspecified atom stereocenters. The van der Waals surface area contributed by atoms with Crippen LogP contribution in [0.1, 0.15) is 0 Å². The molecule has 0 aliphatic rings. The maximum Gasteiger partial charge on any atom is 3.00 e. The zero-order chi connectivity index (χ0) is 19.7. The van der Waals surface area contributed by atoms with Gasteiger partial charge in [-0.3, -0.25) is 25.3 Å². The quantitative estimate of drug-likeness (QED) is 0.205. The van der Waals surface area contributed by atoms with Crippen LogP contribution >= 0.6 is 0 Å². The van der Waals surface area contributed by atoms with Crippen molar-refractivity contribution in [2.24, 2.45) is 0 Å². The van der Waals surface area contributed by atoms with Gasteiger partial charge in [-0.1, -0.05) is 66.5 Å². The topological polar surface area (TPSA) is 241 Å². The third-order valence-electron chi connectivity index (χ3n) is 1.25. The van der Waals surface area contributed by atoms with Gasteiger partial charge >= 0.3 is 34.7 Å². The van der Waals surface area contributed by atoms with Gasteiger partial charge in [0.15, 0.2) is 0 Å². The van der Waals surface area contributed by atoms with Gasteiger partial charge in [-0.25, -0.2) is 0 Å². The minimum atomic E-state index is -2.23. The van der Waals surface area contributed by atoms with Gasteiger partial charge in [-0.05, 0) is 0 Å². The summed E-state index contributed by atoms with van der Waals surface area (Å²) in [5.41, 5.74) is 0. The predicted molar refractivity (Wildman–Crippen MR) is 94.2 cm³/mol. The van der Waals surface area contributed by atoms with Gasteiger partial charge in [0.1, 0.15) is 0 Å². The van der Waals surface area contributed by atoms with Crippen molar-refractivity contribution in [1.29, 1.82) is 0 Å². The molecule has 0 radical (unpaired) electrons. The first kappa shape index (κ1) is 38.3. The molecule has 0 N–H and O–H groups in total. The van der Waals surface area contributed by atoms with Gasteiger partial charge in [0.05, 0.1) is 0 Å². The standard InChI is InChI=1S/3C2H6O4S2.2Al/c3*3-7(4)1-2-8(5)6;;/h3*1-2H2,(H,3,4)(H,5,6);;/q;;;2*+3/p-6. The van der Waals surface area contributed by atoms with Crippen molar-refractivity contribution in [2.45, 2.75) is 0 Å². The summed E-state index contributed by atoms with van der Waals surface area (Å²) in [6, 6.07) is 0. The number of rotatable bonds is 9. The monoisotopic (exact) mass is 522 g/mol. The van der Waals surface area contributed by atoms with Gasteiger partial charge in [-0.15, -0.1) is 0 Å². The molecule has 12 nitrogen and oxygen atoms in total. The van der Waals surface area contributed by atoms with Crippen LogP contribution in [-0.4, -0.2) is 122 Å². The first-order chi connectivity index (χ1) is 10.9. The summed E-state index contributed by atoms with van der Waals surface area (Å²) in [7, 11) is 0. The van der Waals surface area contributed by atoms with Gasteiger partial charge in [0, 0.05) is 34.5 Å². The summed E-state index contributed by atoms with van der Waals surface area (Å²) in [4.78, 5) is 0. The summed E-state index contributed by atoms with van der Waals surface area (Å²) in [6.07, 6.45) is 0. The third kappa shape index (κ3) is 56.2. The fourth-order valence-corrected chi connectivity index (χ4v) is 3.67. The van der Waals surface area contributed by atoms with Gasteiger partial charge in [-0.2, -0.15) is 0 Å². The van der Waals surface area contributed by atoms with Crippen LogP contribution in [0.2, 0.25) is 0 Å². The van der Waals surface area contributed by atoms with Crippen molar-refractivity contribution in [3.05, 3.63) is 0 Å². The fraction of sp³-hybridized carbons (Fsp3) is 1.00. The molecule has 0 spiro atoms. The fourth-order valence-electron chi connectivity index (χ4n) is 0.408. The predicted octanol–water partition coefficient (Wildman–Crippen LogP) is -4.53. The molecule has 0 aromatic heterocycles.